The number of hydrogen-bond donors (Lipinski definition) is 2. The van der Waals surface area contributed by atoms with Crippen LogP contribution in [0.25, 0.3) is 11.4 Å². The Labute approximate surface area is 162 Å². The van der Waals surface area contributed by atoms with Crippen molar-refractivity contribution in [1.29, 1.82) is 0 Å². The molecule has 0 amide bonds. The topological polar surface area (TPSA) is 73.0 Å². The molecule has 1 aromatic carbocycles. The van der Waals surface area contributed by atoms with E-state index in [2.05, 4.69) is 30.4 Å². The Morgan fingerprint density at radius 3 is 2.46 bits per heavy atom. The molecule has 0 fully saturated rings. The second kappa shape index (κ2) is 8.30. The number of nitrogens with zero attached hydrogens (tertiary/aromatic N) is 5. The molecule has 0 radical (unpaired) electrons. The van der Waals surface area contributed by atoms with Gasteiger partial charge < -0.3 is 15.1 Å². The van der Waals surface area contributed by atoms with E-state index in [0.717, 1.165) is 30.4 Å². The predicted molar refractivity (Wildman–Crippen MR) is 106 cm³/mol. The molecule has 0 aliphatic heterocycles. The van der Waals surface area contributed by atoms with Crippen molar-refractivity contribution in [2.75, 3.05) is 44.4 Å². The van der Waals surface area contributed by atoms with Gasteiger partial charge in [-0.15, -0.1) is 0 Å². The molecule has 28 heavy (non-hydrogen) atoms. The molecular weight excluding hydrogens is 364 g/mol. The van der Waals surface area contributed by atoms with E-state index >= 15 is 0 Å². The van der Waals surface area contributed by atoms with E-state index in [1.807, 2.05) is 39.0 Å². The van der Waals surface area contributed by atoms with E-state index in [0.29, 0.717) is 24.0 Å². The number of H-pyrrole nitrogens is 1. The van der Waals surface area contributed by atoms with Gasteiger partial charge in [0.25, 0.3) is 0 Å². The average molecular weight is 387 g/mol. The first-order valence-electron chi connectivity index (χ1n) is 8.81. The third kappa shape index (κ3) is 4.80. The van der Waals surface area contributed by atoms with E-state index in [1.165, 1.54) is 0 Å². The standard InChI is InChI=1S/C19H23F2N7/c1-12-9-17(26-25-12)22-16-11-18(28(4)8-7-27(2)3)24-19(23-16)14-10-13(20)5-6-15(14)21/h5-6,9-11H,7-8H2,1-4H3,(H2,22,23,24,25,26). The highest BCUT2D eigenvalue weighted by Crippen LogP contribution is 2.26. The van der Waals surface area contributed by atoms with E-state index in [9.17, 15) is 8.78 Å². The number of aryl methyl sites for hydroxylation is 1. The number of anilines is 3. The third-order valence-corrected chi connectivity index (χ3v) is 4.12. The summed E-state index contributed by atoms with van der Waals surface area (Å²) in [4.78, 5) is 12.8. The number of likely N-dealkylation sites (N-methyl/N-ethyl adjacent to an activating group) is 2. The minimum atomic E-state index is -0.587. The second-order valence-corrected chi connectivity index (χ2v) is 6.85. The highest BCUT2D eigenvalue weighted by molar-refractivity contribution is 5.64. The highest BCUT2D eigenvalue weighted by atomic mass is 19.1. The predicted octanol–water partition coefficient (Wildman–Crippen LogP) is 3.19. The van der Waals surface area contributed by atoms with E-state index in [1.54, 1.807) is 6.07 Å². The summed E-state index contributed by atoms with van der Waals surface area (Å²) in [5, 5.41) is 10.1. The first-order chi connectivity index (χ1) is 13.3. The Hall–Kier alpha value is -3.07. The fourth-order valence-corrected chi connectivity index (χ4v) is 2.56. The van der Waals surface area contributed by atoms with Crippen molar-refractivity contribution in [2.24, 2.45) is 0 Å². The van der Waals surface area contributed by atoms with Crippen LogP contribution >= 0.6 is 0 Å². The summed E-state index contributed by atoms with van der Waals surface area (Å²) < 4.78 is 28.0. The molecule has 2 heterocycles. The van der Waals surface area contributed by atoms with Crippen LogP contribution in [0, 0.1) is 18.6 Å². The lowest BCUT2D eigenvalue weighted by Crippen LogP contribution is -2.29. The van der Waals surface area contributed by atoms with Gasteiger partial charge in [0.1, 0.15) is 23.3 Å². The molecular formula is C19H23F2N7. The molecule has 0 atom stereocenters. The normalized spacial score (nSPS) is 11.1. The van der Waals surface area contributed by atoms with Crippen LogP contribution < -0.4 is 10.2 Å². The molecule has 2 N–H and O–H groups in total. The zero-order chi connectivity index (χ0) is 20.3. The van der Waals surface area contributed by atoms with Crippen LogP contribution in [0.1, 0.15) is 5.69 Å². The van der Waals surface area contributed by atoms with Gasteiger partial charge in [0.15, 0.2) is 11.6 Å². The Kier molecular flexibility index (Phi) is 5.84. The van der Waals surface area contributed by atoms with Crippen LogP contribution in [0.4, 0.5) is 26.2 Å². The lowest BCUT2D eigenvalue weighted by Gasteiger charge is -2.21. The molecule has 2 aromatic heterocycles. The van der Waals surface area contributed by atoms with E-state index in [-0.39, 0.29) is 11.4 Å². The fraction of sp³-hybridized carbons (Fsp3) is 0.316. The molecule has 148 valence electrons. The number of nitrogens with one attached hydrogen (secondary N) is 2. The van der Waals surface area contributed by atoms with Gasteiger partial charge in [0.2, 0.25) is 0 Å². The van der Waals surface area contributed by atoms with Gasteiger partial charge in [0, 0.05) is 38.0 Å². The van der Waals surface area contributed by atoms with Crippen LogP contribution in [0.3, 0.4) is 0 Å². The molecule has 0 bridgehead atoms. The number of rotatable bonds is 7. The van der Waals surface area contributed by atoms with Crippen molar-refractivity contribution in [3.8, 4) is 11.4 Å². The first-order valence-corrected chi connectivity index (χ1v) is 8.81. The lowest BCUT2D eigenvalue weighted by atomic mass is 10.2. The molecule has 0 unspecified atom stereocenters. The van der Waals surface area contributed by atoms with Crippen LogP contribution in [0.5, 0.6) is 0 Å². The first kappa shape index (κ1) is 19.7. The second-order valence-electron chi connectivity index (χ2n) is 6.85. The van der Waals surface area contributed by atoms with Crippen LogP contribution in [-0.2, 0) is 0 Å². The summed E-state index contributed by atoms with van der Waals surface area (Å²) in [5.41, 5.74) is 0.889. The maximum atomic E-state index is 14.3. The van der Waals surface area contributed by atoms with Crippen molar-refractivity contribution >= 4 is 17.5 Å². The quantitative estimate of drug-likeness (QED) is 0.649. The van der Waals surface area contributed by atoms with Crippen molar-refractivity contribution in [1.82, 2.24) is 25.1 Å². The maximum absolute atomic E-state index is 14.3. The Morgan fingerprint density at radius 1 is 1.00 bits per heavy atom. The molecule has 0 saturated heterocycles. The largest absolute Gasteiger partial charge is 0.358 e. The summed E-state index contributed by atoms with van der Waals surface area (Å²) in [6.45, 7) is 3.40. The van der Waals surface area contributed by atoms with Crippen molar-refractivity contribution in [2.45, 2.75) is 6.92 Å². The van der Waals surface area contributed by atoms with Crippen molar-refractivity contribution in [3.63, 3.8) is 0 Å². The lowest BCUT2D eigenvalue weighted by molar-refractivity contribution is 0.416. The third-order valence-electron chi connectivity index (χ3n) is 4.12. The maximum Gasteiger partial charge on any atom is 0.166 e. The molecule has 3 rings (SSSR count). The summed E-state index contributed by atoms with van der Waals surface area (Å²) in [6, 6.07) is 6.80. The van der Waals surface area contributed by atoms with Crippen molar-refractivity contribution in [3.05, 3.63) is 47.7 Å². The van der Waals surface area contributed by atoms with Gasteiger partial charge in [-0.25, -0.2) is 18.7 Å². The Morgan fingerprint density at radius 2 is 1.79 bits per heavy atom. The van der Waals surface area contributed by atoms with Crippen LogP contribution in [-0.4, -0.2) is 59.3 Å². The summed E-state index contributed by atoms with van der Waals surface area (Å²) in [7, 11) is 5.85. The van der Waals surface area contributed by atoms with E-state index in [4.69, 9.17) is 0 Å². The molecule has 9 heteroatoms. The summed E-state index contributed by atoms with van der Waals surface area (Å²) >= 11 is 0. The van der Waals surface area contributed by atoms with Crippen molar-refractivity contribution < 1.29 is 8.78 Å². The molecule has 3 aromatic rings. The summed E-state index contributed by atoms with van der Waals surface area (Å²) in [5.74, 6) is 0.557. The molecule has 0 aliphatic rings. The van der Waals surface area contributed by atoms with Gasteiger partial charge in [-0.3, -0.25) is 5.10 Å². The molecule has 7 nitrogen and oxygen atoms in total. The minimum Gasteiger partial charge on any atom is -0.358 e. The molecule has 0 saturated carbocycles. The number of halogens is 2. The van der Waals surface area contributed by atoms with Gasteiger partial charge in [-0.05, 0) is 39.2 Å². The highest BCUT2D eigenvalue weighted by Gasteiger charge is 2.15. The number of aromatic amines is 1. The summed E-state index contributed by atoms with van der Waals surface area (Å²) in [6.07, 6.45) is 0. The fourth-order valence-electron chi connectivity index (χ4n) is 2.56. The smallest absolute Gasteiger partial charge is 0.166 e. The molecule has 0 aliphatic carbocycles. The number of aromatic nitrogens is 4. The zero-order valence-electron chi connectivity index (χ0n) is 16.3. The van der Waals surface area contributed by atoms with Gasteiger partial charge >= 0.3 is 0 Å². The van der Waals surface area contributed by atoms with Gasteiger partial charge in [0.05, 0.1) is 5.56 Å². The SMILES string of the molecule is Cc1cc(Nc2cc(N(C)CCN(C)C)nc(-c3cc(F)ccc3F)n2)n[nH]1. The zero-order valence-corrected chi connectivity index (χ0v) is 16.3. The number of hydrogen-bond acceptors (Lipinski definition) is 6. The van der Waals surface area contributed by atoms with Gasteiger partial charge in [-0.1, -0.05) is 0 Å². The monoisotopic (exact) mass is 387 g/mol. The Bertz CT molecular complexity index is 955. The Balaban J connectivity index is 2.01. The van der Waals surface area contributed by atoms with Crippen LogP contribution in [0.15, 0.2) is 30.3 Å². The van der Waals surface area contributed by atoms with E-state index < -0.39 is 11.6 Å². The molecule has 0 spiro atoms. The minimum absolute atomic E-state index is 0.00381. The number of benzene rings is 1. The van der Waals surface area contributed by atoms with Gasteiger partial charge in [-0.2, -0.15) is 5.10 Å². The van der Waals surface area contributed by atoms with Crippen LogP contribution in [0.2, 0.25) is 0 Å². The average Bonchev–Trinajstić information content (AvgIpc) is 3.06.